The van der Waals surface area contributed by atoms with Crippen molar-refractivity contribution in [3.8, 4) is 0 Å². The fraction of sp³-hybridized carbons (Fsp3) is 0.533. The first-order valence-electron chi connectivity index (χ1n) is 7.10. The lowest BCUT2D eigenvalue weighted by atomic mass is 10.0. The Hall–Kier alpha value is -1.60. The first-order valence-corrected chi connectivity index (χ1v) is 7.10. The number of nitrogens with one attached hydrogen (secondary N) is 1. The van der Waals surface area contributed by atoms with Gasteiger partial charge in [-0.05, 0) is 25.6 Å². The molecule has 1 unspecified atom stereocenters. The molecule has 3 N–H and O–H groups in total. The summed E-state index contributed by atoms with van der Waals surface area (Å²) in [4.78, 5) is 12.9. The Morgan fingerprint density at radius 2 is 1.95 bits per heavy atom. The molecular formula is C15H22F3N3O. The lowest BCUT2D eigenvalue weighted by Crippen LogP contribution is -2.34. The molecule has 7 heteroatoms. The summed E-state index contributed by atoms with van der Waals surface area (Å²) in [6, 6.07) is 8.89. The van der Waals surface area contributed by atoms with E-state index in [-0.39, 0.29) is 24.9 Å². The molecule has 1 aromatic carbocycles. The number of amides is 1. The lowest BCUT2D eigenvalue weighted by Gasteiger charge is -2.18. The lowest BCUT2D eigenvalue weighted by molar-refractivity contribution is -0.143. The highest BCUT2D eigenvalue weighted by Crippen LogP contribution is 2.15. The van der Waals surface area contributed by atoms with Crippen LogP contribution in [-0.4, -0.2) is 43.7 Å². The molecule has 0 saturated heterocycles. The van der Waals surface area contributed by atoms with Crippen LogP contribution in [0.25, 0.3) is 0 Å². The maximum absolute atomic E-state index is 12.1. The second-order valence-corrected chi connectivity index (χ2v) is 5.28. The van der Waals surface area contributed by atoms with E-state index in [4.69, 9.17) is 5.73 Å². The van der Waals surface area contributed by atoms with E-state index < -0.39 is 12.7 Å². The number of hydrogen-bond donors (Lipinski definition) is 2. The first-order chi connectivity index (χ1) is 10.3. The van der Waals surface area contributed by atoms with Gasteiger partial charge in [-0.1, -0.05) is 30.3 Å². The fourth-order valence-corrected chi connectivity index (χ4v) is 2.05. The number of carbonyl (C=O) groups is 1. The van der Waals surface area contributed by atoms with Gasteiger partial charge >= 0.3 is 6.18 Å². The highest BCUT2D eigenvalue weighted by molar-refractivity contribution is 5.76. The van der Waals surface area contributed by atoms with Crippen molar-refractivity contribution in [1.82, 2.24) is 10.2 Å². The van der Waals surface area contributed by atoms with Gasteiger partial charge < -0.3 is 11.1 Å². The average molecular weight is 317 g/mol. The summed E-state index contributed by atoms with van der Waals surface area (Å²) >= 11 is 0. The van der Waals surface area contributed by atoms with E-state index >= 15 is 0 Å². The van der Waals surface area contributed by atoms with Gasteiger partial charge in [0.25, 0.3) is 0 Å². The standard InChI is InChI=1S/C15H22F3N3O/c1-21(11-15(16,17)18)9-5-8-20-14(22)10-13(19)12-6-3-2-4-7-12/h2-4,6-7,13H,5,8-11,19H2,1H3,(H,20,22). The number of rotatable bonds is 8. The van der Waals surface area contributed by atoms with Gasteiger partial charge in [0.15, 0.2) is 0 Å². The van der Waals surface area contributed by atoms with Crippen molar-refractivity contribution in [3.05, 3.63) is 35.9 Å². The molecule has 0 saturated carbocycles. The molecule has 0 bridgehead atoms. The molecule has 0 fully saturated rings. The molecule has 1 amide bonds. The quantitative estimate of drug-likeness (QED) is 0.722. The molecule has 0 spiro atoms. The topological polar surface area (TPSA) is 58.4 Å². The summed E-state index contributed by atoms with van der Waals surface area (Å²) in [6.07, 6.45) is -3.58. The predicted molar refractivity (Wildman–Crippen MR) is 79.2 cm³/mol. The maximum atomic E-state index is 12.1. The van der Waals surface area contributed by atoms with Crippen LogP contribution in [0.5, 0.6) is 0 Å². The molecule has 0 aliphatic rings. The van der Waals surface area contributed by atoms with Gasteiger partial charge in [0, 0.05) is 19.0 Å². The summed E-state index contributed by atoms with van der Waals surface area (Å²) in [6.45, 7) is -0.340. The Morgan fingerprint density at radius 1 is 1.32 bits per heavy atom. The third-order valence-corrected chi connectivity index (χ3v) is 3.12. The van der Waals surface area contributed by atoms with Crippen molar-refractivity contribution in [2.45, 2.75) is 25.1 Å². The van der Waals surface area contributed by atoms with E-state index in [2.05, 4.69) is 5.32 Å². The van der Waals surface area contributed by atoms with E-state index in [1.807, 2.05) is 30.3 Å². The second kappa shape index (κ2) is 8.75. The van der Waals surface area contributed by atoms with Crippen molar-refractivity contribution >= 4 is 5.91 Å². The summed E-state index contributed by atoms with van der Waals surface area (Å²) in [5.41, 5.74) is 6.80. The minimum Gasteiger partial charge on any atom is -0.356 e. The molecule has 1 atom stereocenters. The number of nitrogens with zero attached hydrogens (tertiary/aromatic N) is 1. The van der Waals surface area contributed by atoms with Crippen LogP contribution in [0.2, 0.25) is 0 Å². The highest BCUT2D eigenvalue weighted by Gasteiger charge is 2.28. The molecule has 0 heterocycles. The SMILES string of the molecule is CN(CCCNC(=O)CC(N)c1ccccc1)CC(F)(F)F. The minimum atomic E-state index is -4.19. The van der Waals surface area contributed by atoms with Crippen molar-refractivity contribution in [2.24, 2.45) is 5.73 Å². The number of alkyl halides is 3. The zero-order valence-corrected chi connectivity index (χ0v) is 12.6. The normalized spacial score (nSPS) is 13.2. The molecule has 0 radical (unpaired) electrons. The van der Waals surface area contributed by atoms with Crippen molar-refractivity contribution in [3.63, 3.8) is 0 Å². The van der Waals surface area contributed by atoms with Gasteiger partial charge in [-0.15, -0.1) is 0 Å². The smallest absolute Gasteiger partial charge is 0.356 e. The van der Waals surface area contributed by atoms with Crippen LogP contribution in [0.1, 0.15) is 24.4 Å². The van der Waals surface area contributed by atoms with Crippen LogP contribution in [0.4, 0.5) is 13.2 Å². The number of halogens is 3. The third-order valence-electron chi connectivity index (χ3n) is 3.12. The molecule has 1 rings (SSSR count). The van der Waals surface area contributed by atoms with Gasteiger partial charge in [0.2, 0.25) is 5.91 Å². The zero-order valence-electron chi connectivity index (χ0n) is 12.6. The predicted octanol–water partition coefficient (Wildman–Crippen LogP) is 2.08. The van der Waals surface area contributed by atoms with Crippen LogP contribution in [0.3, 0.4) is 0 Å². The molecule has 1 aromatic rings. The van der Waals surface area contributed by atoms with Gasteiger partial charge in [-0.2, -0.15) is 13.2 Å². The third kappa shape index (κ3) is 7.99. The Labute approximate surface area is 128 Å². The molecule has 124 valence electrons. The fourth-order valence-electron chi connectivity index (χ4n) is 2.05. The maximum Gasteiger partial charge on any atom is 0.401 e. The van der Waals surface area contributed by atoms with Gasteiger partial charge in [0.05, 0.1) is 6.54 Å². The Bertz CT molecular complexity index is 451. The molecule has 22 heavy (non-hydrogen) atoms. The van der Waals surface area contributed by atoms with Crippen LogP contribution >= 0.6 is 0 Å². The molecule has 0 aliphatic carbocycles. The van der Waals surface area contributed by atoms with E-state index in [0.29, 0.717) is 13.0 Å². The van der Waals surface area contributed by atoms with E-state index in [1.165, 1.54) is 11.9 Å². The monoisotopic (exact) mass is 317 g/mol. The largest absolute Gasteiger partial charge is 0.401 e. The van der Waals surface area contributed by atoms with E-state index in [9.17, 15) is 18.0 Å². The van der Waals surface area contributed by atoms with Gasteiger partial charge in [-0.25, -0.2) is 0 Å². The van der Waals surface area contributed by atoms with Crippen LogP contribution < -0.4 is 11.1 Å². The van der Waals surface area contributed by atoms with Gasteiger partial charge in [0.1, 0.15) is 0 Å². The van der Waals surface area contributed by atoms with Crippen molar-refractivity contribution < 1.29 is 18.0 Å². The number of carbonyl (C=O) groups excluding carboxylic acids is 1. The number of hydrogen-bond acceptors (Lipinski definition) is 3. The minimum absolute atomic E-state index is 0.155. The summed E-state index contributed by atoms with van der Waals surface area (Å²) in [7, 11) is 1.40. The van der Waals surface area contributed by atoms with E-state index in [1.54, 1.807) is 0 Å². The zero-order chi connectivity index (χ0) is 16.6. The van der Waals surface area contributed by atoms with Crippen LogP contribution in [0.15, 0.2) is 30.3 Å². The van der Waals surface area contributed by atoms with Gasteiger partial charge in [-0.3, -0.25) is 9.69 Å². The number of nitrogens with two attached hydrogens (primary N) is 1. The van der Waals surface area contributed by atoms with E-state index in [0.717, 1.165) is 5.56 Å². The molecule has 4 nitrogen and oxygen atoms in total. The Morgan fingerprint density at radius 3 is 2.55 bits per heavy atom. The van der Waals surface area contributed by atoms with Crippen molar-refractivity contribution in [2.75, 3.05) is 26.7 Å². The summed E-state index contributed by atoms with van der Waals surface area (Å²) < 4.78 is 36.4. The number of benzene rings is 1. The molecule has 0 aromatic heterocycles. The van der Waals surface area contributed by atoms with Crippen molar-refractivity contribution in [1.29, 1.82) is 0 Å². The molecule has 0 aliphatic heterocycles. The first kappa shape index (κ1) is 18.4. The summed E-state index contributed by atoms with van der Waals surface area (Å²) in [5, 5.41) is 2.67. The van der Waals surface area contributed by atoms with Crippen LogP contribution in [-0.2, 0) is 4.79 Å². The second-order valence-electron chi connectivity index (χ2n) is 5.28. The highest BCUT2D eigenvalue weighted by atomic mass is 19.4. The molecular weight excluding hydrogens is 295 g/mol. The average Bonchev–Trinajstić information content (AvgIpc) is 2.42. The summed E-state index contributed by atoms with van der Waals surface area (Å²) in [5.74, 6) is -0.199. The Balaban J connectivity index is 2.19. The van der Waals surface area contributed by atoms with Crippen LogP contribution in [0, 0.1) is 0 Å². The Kier molecular flexibility index (Phi) is 7.34.